The lowest BCUT2D eigenvalue weighted by Gasteiger charge is -2.11. The van der Waals surface area contributed by atoms with Gasteiger partial charge in [-0.05, 0) is 61.5 Å². The molecule has 0 N–H and O–H groups in total. The summed E-state index contributed by atoms with van der Waals surface area (Å²) in [7, 11) is 4.05. The molecule has 3 heteroatoms. The Morgan fingerprint density at radius 3 is 2.26 bits per heavy atom. The van der Waals surface area contributed by atoms with E-state index in [0.29, 0.717) is 6.61 Å². The molecule has 0 unspecified atom stereocenters. The number of benzene rings is 2. The number of nitrogens with zero attached hydrogens (tertiary/aromatic N) is 1. The van der Waals surface area contributed by atoms with Crippen molar-refractivity contribution in [3.8, 4) is 5.75 Å². The number of likely N-dealkylation sites (N-methyl/N-ethyl adjacent to an activating group) is 1. The van der Waals surface area contributed by atoms with Crippen LogP contribution in [-0.4, -0.2) is 32.1 Å². The van der Waals surface area contributed by atoms with Gasteiger partial charge in [0.25, 0.3) is 0 Å². The van der Waals surface area contributed by atoms with E-state index in [-0.39, 0.29) is 5.82 Å². The van der Waals surface area contributed by atoms with Crippen molar-refractivity contribution in [2.45, 2.75) is 13.3 Å². The van der Waals surface area contributed by atoms with Crippen LogP contribution in [-0.2, 0) is 0 Å². The quantitative estimate of drug-likeness (QED) is 0.686. The van der Waals surface area contributed by atoms with Crippen molar-refractivity contribution in [2.24, 2.45) is 0 Å². The summed E-state index contributed by atoms with van der Waals surface area (Å²) in [6.07, 6.45) is 3.03. The highest BCUT2D eigenvalue weighted by Crippen LogP contribution is 2.23. The lowest BCUT2D eigenvalue weighted by atomic mass is 10.0. The van der Waals surface area contributed by atoms with Gasteiger partial charge < -0.3 is 9.64 Å². The Morgan fingerprint density at radius 2 is 1.70 bits per heavy atom. The van der Waals surface area contributed by atoms with Gasteiger partial charge in [-0.25, -0.2) is 4.39 Å². The van der Waals surface area contributed by atoms with Crippen molar-refractivity contribution in [3.63, 3.8) is 0 Å². The van der Waals surface area contributed by atoms with E-state index in [4.69, 9.17) is 4.74 Å². The van der Waals surface area contributed by atoms with Crippen molar-refractivity contribution >= 4 is 11.6 Å². The van der Waals surface area contributed by atoms with Gasteiger partial charge >= 0.3 is 0 Å². The predicted molar refractivity (Wildman–Crippen MR) is 95.1 cm³/mol. The summed E-state index contributed by atoms with van der Waals surface area (Å²) in [5, 5.41) is 0. The van der Waals surface area contributed by atoms with Crippen molar-refractivity contribution in [1.29, 1.82) is 0 Å². The fraction of sp³-hybridized carbons (Fsp3) is 0.300. The van der Waals surface area contributed by atoms with Crippen LogP contribution in [0.2, 0.25) is 0 Å². The number of allylic oxidation sites excluding steroid dienone is 1. The van der Waals surface area contributed by atoms with E-state index in [9.17, 15) is 4.39 Å². The Hall–Kier alpha value is -2.13. The highest BCUT2D eigenvalue weighted by Gasteiger charge is 2.01. The number of rotatable bonds is 7. The highest BCUT2D eigenvalue weighted by molar-refractivity contribution is 5.81. The van der Waals surface area contributed by atoms with Crippen LogP contribution in [0.25, 0.3) is 11.6 Å². The van der Waals surface area contributed by atoms with Crippen LogP contribution >= 0.6 is 0 Å². The minimum Gasteiger partial charge on any atom is -0.492 e. The zero-order valence-corrected chi connectivity index (χ0v) is 14.1. The molecule has 23 heavy (non-hydrogen) atoms. The normalized spacial score (nSPS) is 11.8. The Bertz CT molecular complexity index is 630. The summed E-state index contributed by atoms with van der Waals surface area (Å²) in [6, 6.07) is 14.7. The molecular weight excluding hydrogens is 289 g/mol. The molecule has 2 aromatic rings. The monoisotopic (exact) mass is 313 g/mol. The van der Waals surface area contributed by atoms with Gasteiger partial charge in [0, 0.05) is 6.54 Å². The SMILES string of the molecule is CC/C(=C/c1ccc(OCCN(C)C)cc1)c1ccc(F)cc1. The molecule has 2 aromatic carbocycles. The average Bonchev–Trinajstić information content (AvgIpc) is 2.54. The number of hydrogen-bond donors (Lipinski definition) is 0. The second kappa shape index (κ2) is 8.49. The van der Waals surface area contributed by atoms with Crippen molar-refractivity contribution < 1.29 is 9.13 Å². The molecule has 0 bridgehead atoms. The molecule has 2 rings (SSSR count). The molecule has 0 fully saturated rings. The third-order valence-electron chi connectivity index (χ3n) is 3.62. The molecule has 122 valence electrons. The fourth-order valence-electron chi connectivity index (χ4n) is 2.26. The van der Waals surface area contributed by atoms with Crippen LogP contribution in [0.4, 0.5) is 4.39 Å². The summed E-state index contributed by atoms with van der Waals surface area (Å²) in [4.78, 5) is 2.09. The molecule has 0 aliphatic carbocycles. The summed E-state index contributed by atoms with van der Waals surface area (Å²) in [6.45, 7) is 3.68. The smallest absolute Gasteiger partial charge is 0.123 e. The molecule has 0 saturated carbocycles. The van der Waals surface area contributed by atoms with E-state index in [1.807, 2.05) is 50.5 Å². The van der Waals surface area contributed by atoms with Gasteiger partial charge in [-0.1, -0.05) is 37.3 Å². The molecule has 0 aromatic heterocycles. The van der Waals surface area contributed by atoms with Crippen molar-refractivity contribution in [1.82, 2.24) is 4.90 Å². The minimum absolute atomic E-state index is 0.205. The van der Waals surface area contributed by atoms with Gasteiger partial charge in [0.2, 0.25) is 0 Å². The number of ether oxygens (including phenoxy) is 1. The topological polar surface area (TPSA) is 12.5 Å². The molecule has 0 aliphatic rings. The number of hydrogen-bond acceptors (Lipinski definition) is 2. The largest absolute Gasteiger partial charge is 0.492 e. The first-order valence-electron chi connectivity index (χ1n) is 7.92. The minimum atomic E-state index is -0.205. The molecule has 0 radical (unpaired) electrons. The zero-order valence-electron chi connectivity index (χ0n) is 14.1. The maximum atomic E-state index is 13.0. The summed E-state index contributed by atoms with van der Waals surface area (Å²) in [5.74, 6) is 0.673. The van der Waals surface area contributed by atoms with Gasteiger partial charge in [-0.3, -0.25) is 0 Å². The molecule has 0 heterocycles. The standard InChI is InChI=1S/C20H24FNO/c1-4-17(18-7-9-19(21)10-8-18)15-16-5-11-20(12-6-16)23-14-13-22(2)3/h5-12,15H,4,13-14H2,1-3H3/b17-15-. The van der Waals surface area contributed by atoms with Crippen LogP contribution < -0.4 is 4.74 Å². The van der Waals surface area contributed by atoms with E-state index in [0.717, 1.165) is 29.8 Å². The Balaban J connectivity index is 2.06. The first-order valence-corrected chi connectivity index (χ1v) is 7.92. The van der Waals surface area contributed by atoms with Gasteiger partial charge in [0.15, 0.2) is 0 Å². The van der Waals surface area contributed by atoms with Crippen LogP contribution in [0.5, 0.6) is 5.75 Å². The first kappa shape index (κ1) is 17.2. The van der Waals surface area contributed by atoms with Crippen LogP contribution in [0.15, 0.2) is 48.5 Å². The van der Waals surface area contributed by atoms with Gasteiger partial charge in [0.1, 0.15) is 18.2 Å². The number of halogens is 1. The van der Waals surface area contributed by atoms with Crippen LogP contribution in [0.3, 0.4) is 0 Å². The van der Waals surface area contributed by atoms with E-state index in [1.165, 1.54) is 17.7 Å². The molecule has 2 nitrogen and oxygen atoms in total. The fourth-order valence-corrected chi connectivity index (χ4v) is 2.26. The van der Waals surface area contributed by atoms with Crippen LogP contribution in [0, 0.1) is 5.82 Å². The Kier molecular flexibility index (Phi) is 6.36. The molecule has 0 aliphatic heterocycles. The molecular formula is C20H24FNO. The average molecular weight is 313 g/mol. The van der Waals surface area contributed by atoms with Crippen molar-refractivity contribution in [2.75, 3.05) is 27.2 Å². The second-order valence-electron chi connectivity index (χ2n) is 5.75. The first-order chi connectivity index (χ1) is 11.1. The van der Waals surface area contributed by atoms with Gasteiger partial charge in [-0.15, -0.1) is 0 Å². The molecule has 0 amide bonds. The van der Waals surface area contributed by atoms with Crippen LogP contribution in [0.1, 0.15) is 24.5 Å². The molecule has 0 saturated heterocycles. The Morgan fingerprint density at radius 1 is 1.04 bits per heavy atom. The zero-order chi connectivity index (χ0) is 16.7. The highest BCUT2D eigenvalue weighted by atomic mass is 19.1. The van der Waals surface area contributed by atoms with E-state index in [1.54, 1.807) is 0 Å². The van der Waals surface area contributed by atoms with Gasteiger partial charge in [0.05, 0.1) is 0 Å². The molecule has 0 atom stereocenters. The van der Waals surface area contributed by atoms with Gasteiger partial charge in [-0.2, -0.15) is 0 Å². The molecule has 0 spiro atoms. The predicted octanol–water partition coefficient (Wildman–Crippen LogP) is 4.72. The summed E-state index contributed by atoms with van der Waals surface area (Å²) < 4.78 is 18.7. The van der Waals surface area contributed by atoms with E-state index < -0.39 is 0 Å². The second-order valence-corrected chi connectivity index (χ2v) is 5.75. The van der Waals surface area contributed by atoms with E-state index in [2.05, 4.69) is 17.9 Å². The Labute approximate surface area is 138 Å². The van der Waals surface area contributed by atoms with Crippen molar-refractivity contribution in [3.05, 3.63) is 65.5 Å². The summed E-state index contributed by atoms with van der Waals surface area (Å²) >= 11 is 0. The lowest BCUT2D eigenvalue weighted by Crippen LogP contribution is -2.19. The maximum Gasteiger partial charge on any atom is 0.123 e. The van der Waals surface area contributed by atoms with E-state index >= 15 is 0 Å². The lowest BCUT2D eigenvalue weighted by molar-refractivity contribution is 0.261. The maximum absolute atomic E-state index is 13.0. The third kappa shape index (κ3) is 5.53. The summed E-state index contributed by atoms with van der Waals surface area (Å²) in [5.41, 5.74) is 3.36. The third-order valence-corrected chi connectivity index (χ3v) is 3.62.